The van der Waals surface area contributed by atoms with Gasteiger partial charge >= 0.3 is 0 Å². The van der Waals surface area contributed by atoms with Gasteiger partial charge < -0.3 is 15.1 Å². The molecular weight excluding hydrogens is 310 g/mol. The van der Waals surface area contributed by atoms with Crippen molar-refractivity contribution in [3.63, 3.8) is 0 Å². The van der Waals surface area contributed by atoms with Gasteiger partial charge in [-0.05, 0) is 42.3 Å². The number of nitrogens with zero attached hydrogens (tertiary/aromatic N) is 2. The molecule has 25 heavy (non-hydrogen) atoms. The number of hydrogen-bond donors (Lipinski definition) is 1. The molecule has 0 saturated heterocycles. The number of hydrogen-bond acceptors (Lipinski definition) is 3. The van der Waals surface area contributed by atoms with E-state index < -0.39 is 0 Å². The molecule has 0 aliphatic carbocycles. The predicted molar refractivity (Wildman–Crippen MR) is 107 cm³/mol. The second-order valence-corrected chi connectivity index (χ2v) is 6.22. The zero-order chi connectivity index (χ0) is 18.1. The maximum atomic E-state index is 11.9. The SMILES string of the molecule is CN(C)c1ccc(/C=C/C(=O)NCCCN(C)c2ccccc2)cc1. The third-order valence-corrected chi connectivity index (χ3v) is 4.00. The first-order valence-electron chi connectivity index (χ1n) is 8.56. The highest BCUT2D eigenvalue weighted by atomic mass is 16.1. The van der Waals surface area contributed by atoms with Crippen LogP contribution in [-0.2, 0) is 4.79 Å². The molecule has 132 valence electrons. The molecule has 4 nitrogen and oxygen atoms in total. The number of carbonyl (C=O) groups excluding carboxylic acids is 1. The second kappa shape index (κ2) is 9.52. The summed E-state index contributed by atoms with van der Waals surface area (Å²) in [5.41, 5.74) is 3.35. The van der Waals surface area contributed by atoms with Crippen LogP contribution < -0.4 is 15.1 Å². The summed E-state index contributed by atoms with van der Waals surface area (Å²) in [6.07, 6.45) is 4.33. The van der Waals surface area contributed by atoms with Crippen molar-refractivity contribution in [2.45, 2.75) is 6.42 Å². The monoisotopic (exact) mass is 337 g/mol. The fourth-order valence-corrected chi connectivity index (χ4v) is 2.45. The summed E-state index contributed by atoms with van der Waals surface area (Å²) < 4.78 is 0. The summed E-state index contributed by atoms with van der Waals surface area (Å²) in [5.74, 6) is -0.0564. The van der Waals surface area contributed by atoms with Crippen molar-refractivity contribution in [1.29, 1.82) is 0 Å². The average Bonchev–Trinajstić information content (AvgIpc) is 2.64. The molecule has 0 spiro atoms. The van der Waals surface area contributed by atoms with Crippen molar-refractivity contribution in [2.75, 3.05) is 44.0 Å². The van der Waals surface area contributed by atoms with Crippen LogP contribution in [0.25, 0.3) is 6.08 Å². The van der Waals surface area contributed by atoms with Crippen LogP contribution in [0.3, 0.4) is 0 Å². The largest absolute Gasteiger partial charge is 0.378 e. The van der Waals surface area contributed by atoms with Gasteiger partial charge in [0.15, 0.2) is 0 Å². The van der Waals surface area contributed by atoms with Gasteiger partial charge in [0.1, 0.15) is 0 Å². The lowest BCUT2D eigenvalue weighted by molar-refractivity contribution is -0.116. The number of anilines is 2. The Morgan fingerprint density at radius 3 is 2.28 bits per heavy atom. The van der Waals surface area contributed by atoms with Crippen LogP contribution in [0.2, 0.25) is 0 Å². The van der Waals surface area contributed by atoms with Crippen molar-refractivity contribution in [2.24, 2.45) is 0 Å². The lowest BCUT2D eigenvalue weighted by Crippen LogP contribution is -2.26. The molecule has 0 aromatic heterocycles. The molecule has 2 rings (SSSR count). The Morgan fingerprint density at radius 2 is 1.64 bits per heavy atom. The number of amides is 1. The van der Waals surface area contributed by atoms with Crippen LogP contribution in [0.15, 0.2) is 60.7 Å². The Balaban J connectivity index is 1.70. The molecule has 0 saturated carbocycles. The highest BCUT2D eigenvalue weighted by Gasteiger charge is 2.00. The minimum atomic E-state index is -0.0564. The Morgan fingerprint density at radius 1 is 0.960 bits per heavy atom. The van der Waals surface area contributed by atoms with E-state index >= 15 is 0 Å². The maximum absolute atomic E-state index is 11.9. The first-order valence-corrected chi connectivity index (χ1v) is 8.56. The molecule has 0 bridgehead atoms. The van der Waals surface area contributed by atoms with Gasteiger partial charge in [-0.25, -0.2) is 0 Å². The third kappa shape index (κ3) is 6.34. The lowest BCUT2D eigenvalue weighted by Gasteiger charge is -2.19. The molecular formula is C21H27N3O. The van der Waals surface area contributed by atoms with E-state index in [0.29, 0.717) is 6.54 Å². The Labute approximate surface area is 150 Å². The van der Waals surface area contributed by atoms with E-state index in [-0.39, 0.29) is 5.91 Å². The average molecular weight is 337 g/mol. The number of benzene rings is 2. The van der Waals surface area contributed by atoms with Gasteiger partial charge in [0.25, 0.3) is 0 Å². The number of rotatable bonds is 8. The minimum Gasteiger partial charge on any atom is -0.378 e. The zero-order valence-electron chi connectivity index (χ0n) is 15.3. The maximum Gasteiger partial charge on any atom is 0.244 e. The van der Waals surface area contributed by atoms with E-state index in [1.165, 1.54) is 5.69 Å². The number of para-hydroxylation sites is 1. The van der Waals surface area contributed by atoms with Crippen LogP contribution in [-0.4, -0.2) is 40.1 Å². The van der Waals surface area contributed by atoms with E-state index in [0.717, 1.165) is 24.2 Å². The third-order valence-electron chi connectivity index (χ3n) is 4.00. The molecule has 2 aromatic rings. The molecule has 0 aliphatic rings. The fraction of sp³-hybridized carbons (Fsp3) is 0.286. The van der Waals surface area contributed by atoms with Crippen LogP contribution in [0.1, 0.15) is 12.0 Å². The normalized spacial score (nSPS) is 10.7. The van der Waals surface area contributed by atoms with Crippen molar-refractivity contribution < 1.29 is 4.79 Å². The number of nitrogens with one attached hydrogen (secondary N) is 1. The molecule has 1 amide bonds. The second-order valence-electron chi connectivity index (χ2n) is 6.22. The van der Waals surface area contributed by atoms with Crippen molar-refractivity contribution in [3.8, 4) is 0 Å². The van der Waals surface area contributed by atoms with Gasteiger partial charge in [-0.2, -0.15) is 0 Å². The molecule has 2 aromatic carbocycles. The van der Waals surface area contributed by atoms with E-state index in [1.807, 2.05) is 67.5 Å². The molecule has 0 fully saturated rings. The lowest BCUT2D eigenvalue weighted by atomic mass is 10.2. The highest BCUT2D eigenvalue weighted by molar-refractivity contribution is 5.91. The highest BCUT2D eigenvalue weighted by Crippen LogP contribution is 2.13. The molecule has 4 heteroatoms. The van der Waals surface area contributed by atoms with Gasteiger partial charge in [-0.1, -0.05) is 30.3 Å². The molecule has 0 aliphatic heterocycles. The summed E-state index contributed by atoms with van der Waals surface area (Å²) in [6.45, 7) is 1.57. The summed E-state index contributed by atoms with van der Waals surface area (Å²) in [6, 6.07) is 18.3. The van der Waals surface area contributed by atoms with Gasteiger partial charge in [0.2, 0.25) is 5.91 Å². The van der Waals surface area contributed by atoms with Crippen LogP contribution >= 0.6 is 0 Å². The van der Waals surface area contributed by atoms with Crippen molar-refractivity contribution in [3.05, 3.63) is 66.2 Å². The van der Waals surface area contributed by atoms with E-state index in [9.17, 15) is 4.79 Å². The van der Waals surface area contributed by atoms with Crippen LogP contribution in [0, 0.1) is 0 Å². The smallest absolute Gasteiger partial charge is 0.244 e. The van der Waals surface area contributed by atoms with Crippen LogP contribution in [0.4, 0.5) is 11.4 Å². The first-order chi connectivity index (χ1) is 12.1. The Bertz CT molecular complexity index is 678. The standard InChI is InChI=1S/C21H27N3O/c1-23(2)19-13-10-18(11-14-19)12-15-21(25)22-16-7-17-24(3)20-8-5-4-6-9-20/h4-6,8-15H,7,16-17H2,1-3H3,(H,22,25)/b15-12+. The quantitative estimate of drug-likeness (QED) is 0.592. The van der Waals surface area contributed by atoms with E-state index in [4.69, 9.17) is 0 Å². The van der Waals surface area contributed by atoms with Gasteiger partial charge in [0, 0.05) is 51.7 Å². The first kappa shape index (κ1) is 18.6. The topological polar surface area (TPSA) is 35.6 Å². The Kier molecular flexibility index (Phi) is 7.08. The minimum absolute atomic E-state index is 0.0564. The molecule has 0 unspecified atom stereocenters. The summed E-state index contributed by atoms with van der Waals surface area (Å²) in [5, 5.41) is 2.93. The van der Waals surface area contributed by atoms with Crippen molar-refractivity contribution in [1.82, 2.24) is 5.32 Å². The summed E-state index contributed by atoms with van der Waals surface area (Å²) >= 11 is 0. The molecule has 0 radical (unpaired) electrons. The summed E-state index contributed by atoms with van der Waals surface area (Å²) in [7, 11) is 6.08. The molecule has 1 N–H and O–H groups in total. The van der Waals surface area contributed by atoms with E-state index in [2.05, 4.69) is 29.4 Å². The predicted octanol–water partition coefficient (Wildman–Crippen LogP) is 3.41. The van der Waals surface area contributed by atoms with Gasteiger partial charge in [-0.3, -0.25) is 4.79 Å². The van der Waals surface area contributed by atoms with E-state index in [1.54, 1.807) is 6.08 Å². The Hall–Kier alpha value is -2.75. The fourth-order valence-electron chi connectivity index (χ4n) is 2.45. The van der Waals surface area contributed by atoms with Crippen molar-refractivity contribution >= 4 is 23.4 Å². The van der Waals surface area contributed by atoms with Crippen LogP contribution in [0.5, 0.6) is 0 Å². The van der Waals surface area contributed by atoms with Gasteiger partial charge in [-0.15, -0.1) is 0 Å². The molecule has 0 heterocycles. The zero-order valence-corrected chi connectivity index (χ0v) is 15.3. The molecule has 0 atom stereocenters. The van der Waals surface area contributed by atoms with Gasteiger partial charge in [0.05, 0.1) is 0 Å². The summed E-state index contributed by atoms with van der Waals surface area (Å²) in [4.78, 5) is 16.1. The number of carbonyl (C=O) groups is 1.